The first-order valence-corrected chi connectivity index (χ1v) is 10.4. The van der Waals surface area contributed by atoms with E-state index in [9.17, 15) is 4.79 Å². The molecule has 1 N–H and O–H groups in total. The van der Waals surface area contributed by atoms with Gasteiger partial charge in [0, 0.05) is 47.5 Å². The molecule has 30 heavy (non-hydrogen) atoms. The van der Waals surface area contributed by atoms with Gasteiger partial charge in [-0.05, 0) is 38.6 Å². The molecule has 0 spiro atoms. The van der Waals surface area contributed by atoms with Crippen molar-refractivity contribution in [3.63, 3.8) is 0 Å². The van der Waals surface area contributed by atoms with E-state index in [1.807, 2.05) is 38.1 Å². The number of rotatable bonds is 5. The smallest absolute Gasteiger partial charge is 0.264 e. The second-order valence-electron chi connectivity index (χ2n) is 7.54. The number of benzene rings is 1. The number of hydrogen-bond acceptors (Lipinski definition) is 6. The molecule has 0 radical (unpaired) electrons. The van der Waals surface area contributed by atoms with Crippen LogP contribution in [0.1, 0.15) is 33.1 Å². The molecular weight excluding hydrogens is 470 g/mol. The van der Waals surface area contributed by atoms with Crippen LogP contribution >= 0.6 is 28.3 Å². The lowest BCUT2D eigenvalue weighted by atomic mass is 10.00. The maximum absolute atomic E-state index is 13.1. The van der Waals surface area contributed by atoms with Crippen LogP contribution in [0.4, 0.5) is 0 Å². The molecule has 3 heterocycles. The summed E-state index contributed by atoms with van der Waals surface area (Å²) in [5.41, 5.74) is 3.61. The summed E-state index contributed by atoms with van der Waals surface area (Å²) in [6.07, 6.45) is 0. The number of halogens is 2. The van der Waals surface area contributed by atoms with Crippen LogP contribution in [0, 0.1) is 13.8 Å². The van der Waals surface area contributed by atoms with Crippen molar-refractivity contribution in [2.24, 2.45) is 0 Å². The van der Waals surface area contributed by atoms with E-state index >= 15 is 0 Å². The largest absolute Gasteiger partial charge is 0.418 e. The number of aromatic nitrogens is 3. The number of piperazine rings is 1. The first-order chi connectivity index (χ1) is 13.9. The van der Waals surface area contributed by atoms with Crippen LogP contribution in [-0.2, 0) is 6.54 Å². The third kappa shape index (κ3) is 4.67. The summed E-state index contributed by atoms with van der Waals surface area (Å²) in [4.78, 5) is 21.0. The summed E-state index contributed by atoms with van der Waals surface area (Å²) in [6, 6.07) is 7.41. The average Bonchev–Trinajstić information content (AvgIpc) is 3.27. The minimum atomic E-state index is -0.0269. The van der Waals surface area contributed by atoms with Gasteiger partial charge in [0.1, 0.15) is 5.69 Å². The molecular formula is C21H25BrClN5O2. The lowest BCUT2D eigenvalue weighted by Crippen LogP contribution is -2.43. The second-order valence-corrected chi connectivity index (χ2v) is 8.46. The molecule has 1 aromatic carbocycles. The number of aryl methyl sites for hydroxylation is 1. The number of carbonyl (C=O) groups is 1. The summed E-state index contributed by atoms with van der Waals surface area (Å²) < 4.78 is 6.80. The maximum Gasteiger partial charge on any atom is 0.264 e. The van der Waals surface area contributed by atoms with Gasteiger partial charge in [-0.15, -0.1) is 22.6 Å². The molecule has 0 saturated carbocycles. The SMILES string of the molecule is Cc1[nH]c(-c2nnc(CN3CCN(C)CC3)o2)c(C)c1C(=O)c1cccc(Br)c1.Cl. The van der Waals surface area contributed by atoms with Crippen molar-refractivity contribution in [1.29, 1.82) is 0 Å². The van der Waals surface area contributed by atoms with Gasteiger partial charge in [0.05, 0.1) is 6.54 Å². The van der Waals surface area contributed by atoms with Crippen molar-refractivity contribution in [2.75, 3.05) is 33.2 Å². The Morgan fingerprint density at radius 3 is 2.63 bits per heavy atom. The first-order valence-electron chi connectivity index (χ1n) is 9.65. The number of carbonyl (C=O) groups excluding carboxylic acids is 1. The Labute approximate surface area is 190 Å². The summed E-state index contributed by atoms with van der Waals surface area (Å²) in [7, 11) is 2.13. The standard InChI is InChI=1S/C21H24BrN5O2.ClH/c1-13-18(20(28)15-5-4-6-16(22)11-15)14(2)23-19(13)21-25-24-17(29-21)12-27-9-7-26(3)8-10-27;/h4-6,11,23H,7-10,12H2,1-3H3;1H. The Bertz CT molecular complexity index is 1040. The zero-order chi connectivity index (χ0) is 20.5. The van der Waals surface area contributed by atoms with Gasteiger partial charge >= 0.3 is 0 Å². The molecule has 3 aromatic rings. The molecule has 160 valence electrons. The number of likely N-dealkylation sites (N-methyl/N-ethyl adjacent to an activating group) is 1. The lowest BCUT2D eigenvalue weighted by Gasteiger charge is -2.31. The Morgan fingerprint density at radius 2 is 1.93 bits per heavy atom. The van der Waals surface area contributed by atoms with E-state index < -0.39 is 0 Å². The number of H-pyrrole nitrogens is 1. The summed E-state index contributed by atoms with van der Waals surface area (Å²) in [5.74, 6) is 0.986. The molecule has 0 amide bonds. The predicted molar refractivity (Wildman–Crippen MR) is 121 cm³/mol. The number of nitrogens with zero attached hydrogens (tertiary/aromatic N) is 4. The van der Waals surface area contributed by atoms with Crippen molar-refractivity contribution < 1.29 is 9.21 Å². The Morgan fingerprint density at radius 1 is 1.20 bits per heavy atom. The van der Waals surface area contributed by atoms with Crippen molar-refractivity contribution in [1.82, 2.24) is 25.0 Å². The molecule has 4 rings (SSSR count). The molecule has 0 atom stereocenters. The summed E-state index contributed by atoms with van der Waals surface area (Å²) in [6.45, 7) is 8.50. The number of nitrogens with one attached hydrogen (secondary N) is 1. The Balaban J connectivity index is 0.00000256. The van der Waals surface area contributed by atoms with E-state index in [4.69, 9.17) is 4.42 Å². The Kier molecular flexibility index (Phi) is 7.13. The molecule has 9 heteroatoms. The van der Waals surface area contributed by atoms with Crippen LogP contribution in [0.2, 0.25) is 0 Å². The first kappa shape index (κ1) is 22.7. The van der Waals surface area contributed by atoms with Gasteiger partial charge in [-0.1, -0.05) is 28.1 Å². The summed E-state index contributed by atoms with van der Waals surface area (Å²) in [5, 5.41) is 8.44. The van der Waals surface area contributed by atoms with E-state index in [-0.39, 0.29) is 18.2 Å². The van der Waals surface area contributed by atoms with Gasteiger partial charge in [-0.2, -0.15) is 0 Å². The second kappa shape index (κ2) is 9.43. The molecule has 0 bridgehead atoms. The van der Waals surface area contributed by atoms with E-state index in [0.717, 1.165) is 41.9 Å². The number of ketones is 1. The average molecular weight is 495 g/mol. The zero-order valence-electron chi connectivity index (χ0n) is 17.2. The van der Waals surface area contributed by atoms with Crippen LogP contribution in [0.15, 0.2) is 33.2 Å². The zero-order valence-corrected chi connectivity index (χ0v) is 19.6. The highest BCUT2D eigenvalue weighted by Gasteiger charge is 2.24. The molecule has 1 saturated heterocycles. The minimum absolute atomic E-state index is 0. The third-order valence-electron chi connectivity index (χ3n) is 5.39. The highest BCUT2D eigenvalue weighted by molar-refractivity contribution is 9.10. The van der Waals surface area contributed by atoms with Crippen LogP contribution in [-0.4, -0.2) is 64.0 Å². The van der Waals surface area contributed by atoms with E-state index in [0.29, 0.717) is 35.1 Å². The fourth-order valence-electron chi connectivity index (χ4n) is 3.69. The van der Waals surface area contributed by atoms with Crippen LogP contribution in [0.5, 0.6) is 0 Å². The summed E-state index contributed by atoms with van der Waals surface area (Å²) >= 11 is 3.43. The molecule has 7 nitrogen and oxygen atoms in total. The van der Waals surface area contributed by atoms with Gasteiger partial charge < -0.3 is 14.3 Å². The molecule has 1 fully saturated rings. The molecule has 2 aromatic heterocycles. The topological polar surface area (TPSA) is 78.3 Å². The monoisotopic (exact) mass is 493 g/mol. The molecule has 0 unspecified atom stereocenters. The van der Waals surface area contributed by atoms with Gasteiger partial charge in [0.15, 0.2) is 5.78 Å². The Hall–Kier alpha value is -2.00. The van der Waals surface area contributed by atoms with Gasteiger partial charge in [-0.25, -0.2) is 0 Å². The fraction of sp³-hybridized carbons (Fsp3) is 0.381. The lowest BCUT2D eigenvalue weighted by molar-refractivity contribution is 0.103. The van der Waals surface area contributed by atoms with Crippen molar-refractivity contribution >= 4 is 34.1 Å². The normalized spacial score (nSPS) is 15.2. The number of hydrogen-bond donors (Lipinski definition) is 1. The predicted octanol–water partition coefficient (Wildman–Crippen LogP) is 3.84. The highest BCUT2D eigenvalue weighted by Crippen LogP contribution is 2.29. The highest BCUT2D eigenvalue weighted by atomic mass is 79.9. The molecule has 0 aliphatic carbocycles. The fourth-order valence-corrected chi connectivity index (χ4v) is 4.09. The van der Waals surface area contributed by atoms with Crippen LogP contribution in [0.25, 0.3) is 11.6 Å². The van der Waals surface area contributed by atoms with Gasteiger partial charge in [0.25, 0.3) is 5.89 Å². The minimum Gasteiger partial charge on any atom is -0.418 e. The van der Waals surface area contributed by atoms with Crippen molar-refractivity contribution in [3.8, 4) is 11.6 Å². The van der Waals surface area contributed by atoms with E-state index in [2.05, 4.69) is 48.0 Å². The molecule has 1 aliphatic heterocycles. The van der Waals surface area contributed by atoms with Crippen molar-refractivity contribution in [3.05, 3.63) is 57.0 Å². The molecule has 1 aliphatic rings. The van der Waals surface area contributed by atoms with Crippen LogP contribution in [0.3, 0.4) is 0 Å². The van der Waals surface area contributed by atoms with Gasteiger partial charge in [-0.3, -0.25) is 9.69 Å². The third-order valence-corrected chi connectivity index (χ3v) is 5.88. The quantitative estimate of drug-likeness (QED) is 0.543. The van der Waals surface area contributed by atoms with Gasteiger partial charge in [0.2, 0.25) is 5.89 Å². The van der Waals surface area contributed by atoms with Crippen molar-refractivity contribution in [2.45, 2.75) is 20.4 Å². The maximum atomic E-state index is 13.1. The number of aromatic amines is 1. The van der Waals surface area contributed by atoms with E-state index in [1.54, 1.807) is 0 Å². The van der Waals surface area contributed by atoms with Crippen LogP contribution < -0.4 is 0 Å². The van der Waals surface area contributed by atoms with E-state index in [1.165, 1.54) is 0 Å².